The minimum Gasteiger partial charge on any atom is -0.341 e. The van der Waals surface area contributed by atoms with E-state index in [-0.39, 0.29) is 23.4 Å². The van der Waals surface area contributed by atoms with Gasteiger partial charge in [0.15, 0.2) is 0 Å². The molecule has 0 radical (unpaired) electrons. The number of rotatable bonds is 5. The number of hydrogen-bond donors (Lipinski definition) is 0. The van der Waals surface area contributed by atoms with Gasteiger partial charge in [-0.25, -0.2) is 0 Å². The Morgan fingerprint density at radius 1 is 1.26 bits per heavy atom. The first kappa shape index (κ1) is 18.5. The zero-order chi connectivity index (χ0) is 19.0. The molecule has 3 atom stereocenters. The van der Waals surface area contributed by atoms with Crippen LogP contribution < -0.4 is 5.56 Å². The van der Waals surface area contributed by atoms with Crippen LogP contribution in [0, 0.1) is 11.8 Å². The Labute approximate surface area is 164 Å². The van der Waals surface area contributed by atoms with Crippen molar-refractivity contribution in [2.45, 2.75) is 51.5 Å². The molecule has 4 heterocycles. The fraction of sp³-hybridized carbons (Fsp3) is 0.545. The van der Waals surface area contributed by atoms with Crippen LogP contribution in [-0.4, -0.2) is 28.5 Å². The molecule has 5 heteroatoms. The summed E-state index contributed by atoms with van der Waals surface area (Å²) >= 11 is 1.64. The number of piperidine rings is 1. The minimum atomic E-state index is 0.119. The highest BCUT2D eigenvalue weighted by Gasteiger charge is 2.41. The quantitative estimate of drug-likeness (QED) is 0.780. The monoisotopic (exact) mass is 384 g/mol. The molecule has 0 unspecified atom stereocenters. The molecule has 0 aliphatic carbocycles. The molecule has 2 aromatic heterocycles. The molecule has 0 saturated carbocycles. The summed E-state index contributed by atoms with van der Waals surface area (Å²) in [5.74, 6) is 1.49. The molecule has 0 N–H and O–H groups in total. The number of fused-ring (bicyclic) bond motifs is 4. The molecular formula is C22H28N2O2S. The summed E-state index contributed by atoms with van der Waals surface area (Å²) in [4.78, 5) is 27.6. The van der Waals surface area contributed by atoms with Crippen LogP contribution in [0.4, 0.5) is 0 Å². The second-order valence-electron chi connectivity index (χ2n) is 8.50. The fourth-order valence-corrected chi connectivity index (χ4v) is 5.47. The Hall–Kier alpha value is -1.88. The lowest BCUT2D eigenvalue weighted by atomic mass is 9.76. The van der Waals surface area contributed by atoms with Crippen LogP contribution in [0.15, 0.2) is 39.8 Å². The number of amides is 1. The van der Waals surface area contributed by atoms with E-state index in [4.69, 9.17) is 0 Å². The number of aromatic nitrogens is 1. The maximum Gasteiger partial charge on any atom is 0.250 e. The number of carbonyl (C=O) groups excluding carboxylic acids is 1. The van der Waals surface area contributed by atoms with Crippen molar-refractivity contribution >= 4 is 17.2 Å². The summed E-state index contributed by atoms with van der Waals surface area (Å²) < 4.78 is 2.06. The molecule has 0 aromatic carbocycles. The predicted molar refractivity (Wildman–Crippen MR) is 109 cm³/mol. The Morgan fingerprint density at radius 3 is 2.85 bits per heavy atom. The highest BCUT2D eigenvalue weighted by Crippen LogP contribution is 2.43. The molecule has 2 aromatic rings. The van der Waals surface area contributed by atoms with Crippen LogP contribution in [0.5, 0.6) is 0 Å². The van der Waals surface area contributed by atoms with Crippen molar-refractivity contribution in [2.24, 2.45) is 11.8 Å². The molecule has 4 nitrogen and oxygen atoms in total. The van der Waals surface area contributed by atoms with Crippen LogP contribution in [0.1, 0.15) is 56.3 Å². The van der Waals surface area contributed by atoms with E-state index in [1.54, 1.807) is 17.4 Å². The van der Waals surface area contributed by atoms with E-state index >= 15 is 0 Å². The Kier molecular flexibility index (Phi) is 5.22. The Bertz CT molecular complexity index is 855. The van der Waals surface area contributed by atoms with E-state index in [0.717, 1.165) is 43.6 Å². The molecule has 2 aliphatic heterocycles. The average molecular weight is 385 g/mol. The van der Waals surface area contributed by atoms with E-state index in [9.17, 15) is 9.59 Å². The lowest BCUT2D eigenvalue weighted by molar-refractivity contribution is -0.133. The summed E-state index contributed by atoms with van der Waals surface area (Å²) in [6.45, 7) is 5.98. The van der Waals surface area contributed by atoms with Crippen molar-refractivity contribution in [1.29, 1.82) is 0 Å². The molecule has 2 aliphatic rings. The first-order chi connectivity index (χ1) is 13.0. The fourth-order valence-electron chi connectivity index (χ4n) is 4.80. The zero-order valence-electron chi connectivity index (χ0n) is 16.1. The predicted octanol–water partition coefficient (Wildman–Crippen LogP) is 4.08. The Morgan fingerprint density at radius 2 is 2.11 bits per heavy atom. The van der Waals surface area contributed by atoms with Gasteiger partial charge in [0, 0.05) is 36.8 Å². The van der Waals surface area contributed by atoms with Gasteiger partial charge < -0.3 is 9.47 Å². The highest BCUT2D eigenvalue weighted by atomic mass is 32.1. The number of nitrogens with zero attached hydrogens (tertiary/aromatic N) is 2. The van der Waals surface area contributed by atoms with Gasteiger partial charge in [0.25, 0.3) is 5.56 Å². The Balaban J connectivity index is 1.61. The largest absolute Gasteiger partial charge is 0.341 e. The number of pyridine rings is 1. The molecule has 0 spiro atoms. The number of likely N-dealkylation sites (tertiary alicyclic amines) is 1. The first-order valence-electron chi connectivity index (χ1n) is 10.0. The van der Waals surface area contributed by atoms with Gasteiger partial charge in [-0.2, -0.15) is 11.3 Å². The molecule has 1 fully saturated rings. The summed E-state index contributed by atoms with van der Waals surface area (Å²) in [6, 6.07) is 7.90. The van der Waals surface area contributed by atoms with Gasteiger partial charge >= 0.3 is 0 Å². The van der Waals surface area contributed by atoms with Crippen molar-refractivity contribution in [2.75, 3.05) is 13.1 Å². The van der Waals surface area contributed by atoms with Crippen LogP contribution in [0.25, 0.3) is 0 Å². The van der Waals surface area contributed by atoms with Crippen molar-refractivity contribution < 1.29 is 4.79 Å². The first-order valence-corrected chi connectivity index (χ1v) is 11.0. The van der Waals surface area contributed by atoms with Gasteiger partial charge in [0.05, 0.1) is 6.42 Å². The SMILES string of the molecule is CC(C)CC[C@H]1[C@H]2C[C@H](CN(C(=O)Cc3ccsc3)C2)c2cccc(=O)n21. The van der Waals surface area contributed by atoms with Crippen LogP contribution >= 0.6 is 11.3 Å². The van der Waals surface area contributed by atoms with Gasteiger partial charge in [0.1, 0.15) is 0 Å². The van der Waals surface area contributed by atoms with Gasteiger partial charge in [-0.15, -0.1) is 0 Å². The van der Waals surface area contributed by atoms with Crippen molar-refractivity contribution in [3.8, 4) is 0 Å². The molecule has 4 rings (SSSR count). The normalized spacial score (nSPS) is 24.1. The standard InChI is InChI=1S/C22H28N2O2S/c1-15(2)6-7-20-18-11-17(19-4-3-5-21(25)24(19)20)12-23(13-18)22(26)10-16-8-9-27-14-16/h3-5,8-9,14-15,17-18,20H,6-7,10-13H2,1-2H3/t17-,18+,20+/m1/s1. The van der Waals surface area contributed by atoms with E-state index in [0.29, 0.717) is 18.3 Å². The topological polar surface area (TPSA) is 42.3 Å². The lowest BCUT2D eigenvalue weighted by Gasteiger charge is -2.47. The third kappa shape index (κ3) is 3.75. The second kappa shape index (κ2) is 7.63. The minimum absolute atomic E-state index is 0.119. The molecule has 1 saturated heterocycles. The molecule has 1 amide bonds. The third-order valence-electron chi connectivity index (χ3n) is 6.13. The summed E-state index contributed by atoms with van der Waals surface area (Å²) in [6.07, 6.45) is 3.70. The van der Waals surface area contributed by atoms with E-state index in [1.165, 1.54) is 0 Å². The molecular weight excluding hydrogens is 356 g/mol. The second-order valence-corrected chi connectivity index (χ2v) is 9.28. The zero-order valence-corrected chi connectivity index (χ0v) is 17.0. The van der Waals surface area contributed by atoms with Crippen LogP contribution in [-0.2, 0) is 11.2 Å². The van der Waals surface area contributed by atoms with E-state index in [1.807, 2.05) is 17.5 Å². The van der Waals surface area contributed by atoms with Crippen molar-refractivity contribution in [3.63, 3.8) is 0 Å². The van der Waals surface area contributed by atoms with Gasteiger partial charge in [-0.3, -0.25) is 9.59 Å². The average Bonchev–Trinajstić information content (AvgIpc) is 3.14. The smallest absolute Gasteiger partial charge is 0.250 e. The van der Waals surface area contributed by atoms with Crippen LogP contribution in [0.3, 0.4) is 0 Å². The van der Waals surface area contributed by atoms with Gasteiger partial charge in [-0.1, -0.05) is 19.9 Å². The van der Waals surface area contributed by atoms with Crippen molar-refractivity contribution in [3.05, 3.63) is 56.6 Å². The number of carbonyl (C=O) groups is 1. The summed E-state index contributed by atoms with van der Waals surface area (Å²) in [5.41, 5.74) is 2.35. The van der Waals surface area contributed by atoms with E-state index < -0.39 is 0 Å². The number of hydrogen-bond acceptors (Lipinski definition) is 3. The maximum atomic E-state index is 12.9. The van der Waals surface area contributed by atoms with Gasteiger partial charge in [-0.05, 0) is 59.6 Å². The lowest BCUT2D eigenvalue weighted by Crippen LogP contribution is -2.51. The third-order valence-corrected chi connectivity index (χ3v) is 6.86. The maximum absolute atomic E-state index is 12.9. The molecule has 2 bridgehead atoms. The van der Waals surface area contributed by atoms with E-state index in [2.05, 4.69) is 34.8 Å². The summed E-state index contributed by atoms with van der Waals surface area (Å²) in [7, 11) is 0. The highest BCUT2D eigenvalue weighted by molar-refractivity contribution is 7.08. The van der Waals surface area contributed by atoms with Crippen molar-refractivity contribution in [1.82, 2.24) is 9.47 Å². The number of thiophene rings is 1. The van der Waals surface area contributed by atoms with Crippen LogP contribution in [0.2, 0.25) is 0 Å². The molecule has 27 heavy (non-hydrogen) atoms. The van der Waals surface area contributed by atoms with Gasteiger partial charge in [0.2, 0.25) is 5.91 Å². The summed E-state index contributed by atoms with van der Waals surface area (Å²) in [5, 5.41) is 4.08. The molecule has 144 valence electrons.